The van der Waals surface area contributed by atoms with Gasteiger partial charge in [0, 0.05) is 11.4 Å². The number of thiophene rings is 1. The average Bonchev–Trinajstić information content (AvgIpc) is 2.83. The van der Waals surface area contributed by atoms with Crippen molar-refractivity contribution in [3.8, 4) is 6.07 Å². The molecule has 0 amide bonds. The van der Waals surface area contributed by atoms with Gasteiger partial charge in [-0.25, -0.2) is 0 Å². The fourth-order valence-corrected chi connectivity index (χ4v) is 2.02. The molecule has 4 nitrogen and oxygen atoms in total. The number of rotatable bonds is 4. The number of nitriles is 1. The van der Waals surface area contributed by atoms with Gasteiger partial charge in [0.2, 0.25) is 0 Å². The third-order valence-corrected chi connectivity index (χ3v) is 3.02. The van der Waals surface area contributed by atoms with E-state index in [1.54, 1.807) is 17.4 Å². The van der Waals surface area contributed by atoms with Crippen molar-refractivity contribution in [2.45, 2.75) is 6.42 Å². The Bertz CT molecular complexity index is 487. The van der Waals surface area contributed by atoms with Gasteiger partial charge in [0.15, 0.2) is 5.82 Å². The molecule has 0 atom stereocenters. The predicted molar refractivity (Wildman–Crippen MR) is 63.3 cm³/mol. The smallest absolute Gasteiger partial charge is 0.166 e. The van der Waals surface area contributed by atoms with Gasteiger partial charge < -0.3 is 5.32 Å². The van der Waals surface area contributed by atoms with Crippen molar-refractivity contribution in [2.75, 3.05) is 11.9 Å². The first-order chi connectivity index (χ1) is 7.90. The lowest BCUT2D eigenvalue weighted by molar-refractivity contribution is 0.972. The quantitative estimate of drug-likeness (QED) is 0.873. The van der Waals surface area contributed by atoms with Gasteiger partial charge in [0.05, 0.1) is 11.8 Å². The fourth-order valence-electron chi connectivity index (χ4n) is 1.31. The highest BCUT2D eigenvalue weighted by atomic mass is 32.1. The Balaban J connectivity index is 1.93. The minimum Gasteiger partial charge on any atom is -0.367 e. The number of anilines is 1. The van der Waals surface area contributed by atoms with E-state index in [1.165, 1.54) is 11.1 Å². The Morgan fingerprint density at radius 2 is 2.38 bits per heavy atom. The summed E-state index contributed by atoms with van der Waals surface area (Å²) in [5.74, 6) is 0.557. The first-order valence-corrected chi connectivity index (χ1v) is 5.76. The lowest BCUT2D eigenvalue weighted by Gasteiger charge is -2.04. The molecule has 80 valence electrons. The standard InChI is InChI=1S/C11H10N4S/c12-8-9-3-6-14-15-11(9)13-5-4-10-2-1-7-16-10/h1-3,6-7H,4-5H2,(H,13,15). The van der Waals surface area contributed by atoms with E-state index in [2.05, 4.69) is 33.0 Å². The van der Waals surface area contributed by atoms with Gasteiger partial charge in [-0.1, -0.05) is 6.07 Å². The summed E-state index contributed by atoms with van der Waals surface area (Å²) in [6.45, 7) is 0.758. The number of aromatic nitrogens is 2. The number of nitrogens with one attached hydrogen (secondary N) is 1. The SMILES string of the molecule is N#Cc1ccnnc1NCCc1cccs1. The maximum Gasteiger partial charge on any atom is 0.166 e. The van der Waals surface area contributed by atoms with Crippen LogP contribution in [0.2, 0.25) is 0 Å². The molecule has 0 bridgehead atoms. The zero-order chi connectivity index (χ0) is 11.2. The first kappa shape index (κ1) is 10.6. The van der Waals surface area contributed by atoms with Gasteiger partial charge in [-0.2, -0.15) is 10.4 Å². The molecule has 2 aromatic rings. The molecule has 0 aromatic carbocycles. The Hall–Kier alpha value is -1.93. The molecule has 0 aliphatic heterocycles. The lowest BCUT2D eigenvalue weighted by atomic mass is 10.3. The maximum absolute atomic E-state index is 8.85. The predicted octanol–water partition coefficient (Wildman–Crippen LogP) is 2.06. The number of hydrogen-bond acceptors (Lipinski definition) is 5. The molecule has 16 heavy (non-hydrogen) atoms. The van der Waals surface area contributed by atoms with Crippen LogP contribution >= 0.6 is 11.3 Å². The van der Waals surface area contributed by atoms with Crippen molar-refractivity contribution in [1.29, 1.82) is 5.26 Å². The van der Waals surface area contributed by atoms with Crippen molar-refractivity contribution in [2.24, 2.45) is 0 Å². The molecule has 0 aliphatic carbocycles. The second-order valence-electron chi connectivity index (χ2n) is 3.16. The van der Waals surface area contributed by atoms with Gasteiger partial charge in [0.1, 0.15) is 6.07 Å². The van der Waals surface area contributed by atoms with Crippen molar-refractivity contribution >= 4 is 17.2 Å². The van der Waals surface area contributed by atoms with Crippen molar-refractivity contribution < 1.29 is 0 Å². The average molecular weight is 230 g/mol. The Labute approximate surface area is 97.6 Å². The van der Waals surface area contributed by atoms with Gasteiger partial charge in [-0.15, -0.1) is 16.4 Å². The van der Waals surface area contributed by atoms with Crippen LogP contribution in [0.25, 0.3) is 0 Å². The van der Waals surface area contributed by atoms with Gasteiger partial charge in [-0.05, 0) is 23.9 Å². The Kier molecular flexibility index (Phi) is 3.46. The molecular weight excluding hydrogens is 220 g/mol. The van der Waals surface area contributed by atoms with E-state index in [1.807, 2.05) is 6.07 Å². The second kappa shape index (κ2) is 5.24. The number of nitrogens with zero attached hydrogens (tertiary/aromatic N) is 3. The summed E-state index contributed by atoms with van der Waals surface area (Å²) in [7, 11) is 0. The van der Waals surface area contributed by atoms with E-state index in [4.69, 9.17) is 5.26 Å². The van der Waals surface area contributed by atoms with Crippen molar-refractivity contribution in [3.05, 3.63) is 40.2 Å². The Morgan fingerprint density at radius 1 is 1.44 bits per heavy atom. The minimum absolute atomic E-state index is 0.529. The normalized spacial score (nSPS) is 9.69. The molecule has 2 rings (SSSR count). The molecule has 2 aromatic heterocycles. The van der Waals surface area contributed by atoms with Crippen molar-refractivity contribution in [1.82, 2.24) is 10.2 Å². The van der Waals surface area contributed by atoms with E-state index in [-0.39, 0.29) is 0 Å². The molecule has 0 radical (unpaired) electrons. The van der Waals surface area contributed by atoms with Crippen LogP contribution in [0.3, 0.4) is 0 Å². The summed E-state index contributed by atoms with van der Waals surface area (Å²) >= 11 is 1.73. The van der Waals surface area contributed by atoms with E-state index in [9.17, 15) is 0 Å². The Morgan fingerprint density at radius 3 is 3.12 bits per heavy atom. The van der Waals surface area contributed by atoms with Crippen LogP contribution in [-0.4, -0.2) is 16.7 Å². The van der Waals surface area contributed by atoms with Crippen LogP contribution in [0.1, 0.15) is 10.4 Å². The number of hydrogen-bond donors (Lipinski definition) is 1. The van der Waals surface area contributed by atoms with Crippen LogP contribution < -0.4 is 5.32 Å². The van der Waals surface area contributed by atoms with Gasteiger partial charge in [-0.3, -0.25) is 0 Å². The van der Waals surface area contributed by atoms with Crippen molar-refractivity contribution in [3.63, 3.8) is 0 Å². The molecule has 0 saturated heterocycles. The largest absolute Gasteiger partial charge is 0.367 e. The summed E-state index contributed by atoms with van der Waals surface area (Å²) in [5, 5.41) is 21.6. The molecular formula is C11H10N4S. The van der Waals surface area contributed by atoms with E-state index < -0.39 is 0 Å². The highest BCUT2D eigenvalue weighted by molar-refractivity contribution is 7.09. The van der Waals surface area contributed by atoms with Crippen LogP contribution in [0.15, 0.2) is 29.8 Å². The third kappa shape index (κ3) is 2.55. The van der Waals surface area contributed by atoms with Crippen LogP contribution in [0.5, 0.6) is 0 Å². The maximum atomic E-state index is 8.85. The van der Waals surface area contributed by atoms with Crippen LogP contribution in [0.4, 0.5) is 5.82 Å². The second-order valence-corrected chi connectivity index (χ2v) is 4.19. The zero-order valence-corrected chi connectivity index (χ0v) is 9.37. The monoisotopic (exact) mass is 230 g/mol. The molecule has 0 aliphatic rings. The zero-order valence-electron chi connectivity index (χ0n) is 8.55. The van der Waals surface area contributed by atoms with Gasteiger partial charge in [0.25, 0.3) is 0 Å². The molecule has 0 saturated carbocycles. The summed E-state index contributed by atoms with van der Waals surface area (Å²) in [6, 6.07) is 7.85. The topological polar surface area (TPSA) is 61.6 Å². The molecule has 2 heterocycles. The first-order valence-electron chi connectivity index (χ1n) is 4.88. The molecule has 1 N–H and O–H groups in total. The van der Waals surface area contributed by atoms with E-state index in [0.717, 1.165) is 13.0 Å². The minimum atomic E-state index is 0.529. The van der Waals surface area contributed by atoms with Crippen LogP contribution in [0, 0.1) is 11.3 Å². The summed E-state index contributed by atoms with van der Waals surface area (Å²) in [4.78, 5) is 1.31. The fraction of sp³-hybridized carbons (Fsp3) is 0.182. The molecule has 0 fully saturated rings. The van der Waals surface area contributed by atoms with E-state index >= 15 is 0 Å². The molecule has 0 unspecified atom stereocenters. The third-order valence-electron chi connectivity index (χ3n) is 2.09. The summed E-state index contributed by atoms with van der Waals surface area (Å²) in [6.07, 6.45) is 2.45. The highest BCUT2D eigenvalue weighted by Crippen LogP contribution is 2.11. The highest BCUT2D eigenvalue weighted by Gasteiger charge is 2.02. The van der Waals surface area contributed by atoms with Gasteiger partial charge >= 0.3 is 0 Å². The lowest BCUT2D eigenvalue weighted by Crippen LogP contribution is -2.07. The summed E-state index contributed by atoms with van der Waals surface area (Å²) in [5.41, 5.74) is 0.529. The van der Waals surface area contributed by atoms with E-state index in [0.29, 0.717) is 11.4 Å². The summed E-state index contributed by atoms with van der Waals surface area (Å²) < 4.78 is 0. The van der Waals surface area contributed by atoms with Crippen LogP contribution in [-0.2, 0) is 6.42 Å². The molecule has 5 heteroatoms. The molecule has 0 spiro atoms.